The molecule has 0 spiro atoms. The summed E-state index contributed by atoms with van der Waals surface area (Å²) in [6.07, 6.45) is 2.98. The smallest absolute Gasteiger partial charge is 0.191 e. The number of aliphatic imine (C=N–C) groups is 1. The molecule has 1 unspecified atom stereocenters. The summed E-state index contributed by atoms with van der Waals surface area (Å²) in [5.74, 6) is 1.36. The molecule has 8 heteroatoms. The number of halogens is 1. The van der Waals surface area contributed by atoms with Gasteiger partial charge in [0.25, 0.3) is 0 Å². The molecule has 4 rings (SSSR count). The van der Waals surface area contributed by atoms with Gasteiger partial charge in [0.1, 0.15) is 23.4 Å². The summed E-state index contributed by atoms with van der Waals surface area (Å²) in [7, 11) is 0. The van der Waals surface area contributed by atoms with Gasteiger partial charge in [-0.2, -0.15) is 0 Å². The molecule has 0 aliphatic carbocycles. The molecule has 0 fully saturated rings. The highest BCUT2D eigenvalue weighted by Crippen LogP contribution is 2.36. The average Bonchev–Trinajstić information content (AvgIpc) is 3.11. The van der Waals surface area contributed by atoms with E-state index in [9.17, 15) is 4.39 Å². The molecule has 0 saturated carbocycles. The molecule has 1 aromatic carbocycles. The molecule has 160 valence electrons. The van der Waals surface area contributed by atoms with Crippen LogP contribution in [-0.2, 0) is 6.42 Å². The maximum Gasteiger partial charge on any atom is 0.191 e. The molecule has 2 bridgehead atoms. The zero-order valence-corrected chi connectivity index (χ0v) is 17.6. The number of ether oxygens (including phenoxy) is 1. The first-order valence-corrected chi connectivity index (χ1v) is 10.1. The van der Waals surface area contributed by atoms with Gasteiger partial charge >= 0.3 is 0 Å². The summed E-state index contributed by atoms with van der Waals surface area (Å²) in [6.45, 7) is 6.09. The highest BCUT2D eigenvalue weighted by atomic mass is 19.1. The third-order valence-corrected chi connectivity index (χ3v) is 5.14. The van der Waals surface area contributed by atoms with E-state index in [1.807, 2.05) is 13.8 Å². The third-order valence-electron chi connectivity index (χ3n) is 5.14. The molecule has 3 heterocycles. The van der Waals surface area contributed by atoms with Crippen LogP contribution in [0.5, 0.6) is 5.75 Å². The molecule has 0 radical (unpaired) electrons. The van der Waals surface area contributed by atoms with Crippen molar-refractivity contribution in [2.75, 3.05) is 12.3 Å². The van der Waals surface area contributed by atoms with E-state index in [1.165, 1.54) is 18.3 Å². The number of oxazole rings is 1. The SMILES string of the molecule is CCN=C1C(=CN)Cc2oc(C)nc2-c2ccc(F)cc2C(C)Oc2cc1cnc2N. The Morgan fingerprint density at radius 1 is 1.32 bits per heavy atom. The van der Waals surface area contributed by atoms with Gasteiger partial charge in [0.15, 0.2) is 17.5 Å². The molecule has 1 atom stereocenters. The van der Waals surface area contributed by atoms with Gasteiger partial charge in [-0.15, -0.1) is 0 Å². The minimum Gasteiger partial charge on any atom is -0.482 e. The van der Waals surface area contributed by atoms with Crippen LogP contribution in [0.1, 0.15) is 42.7 Å². The van der Waals surface area contributed by atoms with Crippen molar-refractivity contribution in [2.45, 2.75) is 33.3 Å². The van der Waals surface area contributed by atoms with Crippen molar-refractivity contribution in [3.8, 4) is 17.0 Å². The van der Waals surface area contributed by atoms with Gasteiger partial charge < -0.3 is 20.6 Å². The van der Waals surface area contributed by atoms with E-state index in [-0.39, 0.29) is 11.6 Å². The van der Waals surface area contributed by atoms with E-state index in [4.69, 9.17) is 20.6 Å². The number of hydrogen-bond acceptors (Lipinski definition) is 7. The quantitative estimate of drug-likeness (QED) is 0.611. The number of rotatable bonds is 1. The molecular weight excluding hydrogens is 397 g/mol. The molecule has 7 nitrogen and oxygen atoms in total. The van der Waals surface area contributed by atoms with Crippen LogP contribution < -0.4 is 16.2 Å². The van der Waals surface area contributed by atoms with Crippen LogP contribution in [0.3, 0.4) is 0 Å². The molecule has 2 aromatic heterocycles. The average molecular weight is 421 g/mol. The van der Waals surface area contributed by atoms with Gasteiger partial charge in [-0.25, -0.2) is 14.4 Å². The number of aryl methyl sites for hydroxylation is 1. The number of allylic oxidation sites excluding steroid dienone is 1. The second-order valence-corrected chi connectivity index (χ2v) is 7.30. The Kier molecular flexibility index (Phi) is 5.46. The largest absolute Gasteiger partial charge is 0.482 e. The van der Waals surface area contributed by atoms with Crippen LogP contribution in [0.2, 0.25) is 0 Å². The number of pyridine rings is 1. The van der Waals surface area contributed by atoms with Crippen LogP contribution in [0.25, 0.3) is 11.3 Å². The minimum absolute atomic E-state index is 0.234. The van der Waals surface area contributed by atoms with Crippen molar-refractivity contribution < 1.29 is 13.5 Å². The Balaban J connectivity index is 2.00. The predicted octanol–water partition coefficient (Wildman–Crippen LogP) is 4.11. The number of nitrogen functional groups attached to an aromatic ring is 1. The van der Waals surface area contributed by atoms with E-state index in [2.05, 4.69) is 15.0 Å². The fourth-order valence-corrected chi connectivity index (χ4v) is 3.75. The van der Waals surface area contributed by atoms with E-state index in [1.54, 1.807) is 25.3 Å². The predicted molar refractivity (Wildman–Crippen MR) is 117 cm³/mol. The van der Waals surface area contributed by atoms with Crippen LogP contribution in [0.4, 0.5) is 10.2 Å². The summed E-state index contributed by atoms with van der Waals surface area (Å²) in [5.41, 5.74) is 16.2. The Hall–Kier alpha value is -3.68. The first kappa shape index (κ1) is 20.6. The number of anilines is 1. The lowest BCUT2D eigenvalue weighted by Gasteiger charge is -2.21. The van der Waals surface area contributed by atoms with Crippen LogP contribution >= 0.6 is 0 Å². The molecule has 4 N–H and O–H groups in total. The van der Waals surface area contributed by atoms with E-state index < -0.39 is 6.10 Å². The normalized spacial score (nSPS) is 18.6. The first-order valence-electron chi connectivity index (χ1n) is 10.1. The Bertz CT molecular complexity index is 1200. The zero-order chi connectivity index (χ0) is 22.1. The Labute approximate surface area is 179 Å². The number of aromatic nitrogens is 2. The number of hydrogen-bond donors (Lipinski definition) is 2. The molecule has 1 aliphatic rings. The second kappa shape index (κ2) is 8.22. The topological polar surface area (TPSA) is 113 Å². The Morgan fingerprint density at radius 2 is 2.13 bits per heavy atom. The highest BCUT2D eigenvalue weighted by Gasteiger charge is 2.25. The van der Waals surface area contributed by atoms with Gasteiger partial charge in [0.2, 0.25) is 0 Å². The van der Waals surface area contributed by atoms with Crippen molar-refractivity contribution in [1.82, 2.24) is 9.97 Å². The standard InChI is InChI=1S/C23H24FN5O2/c1-4-27-21-14(10-25)7-19-22(29-13(3)31-19)17-6-5-16(24)9-18(17)12(2)30-20-8-15(21)11-28-23(20)26/h5-6,8-12H,4,7,25H2,1-3H3,(H2,26,28). The van der Waals surface area contributed by atoms with Crippen molar-refractivity contribution >= 4 is 11.5 Å². The van der Waals surface area contributed by atoms with Crippen molar-refractivity contribution in [1.29, 1.82) is 0 Å². The molecule has 0 saturated heterocycles. The van der Waals surface area contributed by atoms with Gasteiger partial charge in [-0.3, -0.25) is 4.99 Å². The number of fused-ring (bicyclic) bond motifs is 5. The highest BCUT2D eigenvalue weighted by molar-refractivity contribution is 6.13. The molecule has 3 aromatic rings. The van der Waals surface area contributed by atoms with Crippen LogP contribution in [0, 0.1) is 12.7 Å². The van der Waals surface area contributed by atoms with Gasteiger partial charge in [0, 0.05) is 48.3 Å². The summed E-state index contributed by atoms with van der Waals surface area (Å²) >= 11 is 0. The van der Waals surface area contributed by atoms with Gasteiger partial charge in [-0.05, 0) is 44.3 Å². The van der Waals surface area contributed by atoms with E-state index in [0.29, 0.717) is 52.9 Å². The Morgan fingerprint density at radius 3 is 2.87 bits per heavy atom. The maximum absolute atomic E-state index is 14.2. The van der Waals surface area contributed by atoms with Gasteiger partial charge in [-0.1, -0.05) is 0 Å². The minimum atomic E-state index is -0.523. The van der Waals surface area contributed by atoms with Crippen LogP contribution in [-0.4, -0.2) is 22.2 Å². The molecule has 31 heavy (non-hydrogen) atoms. The van der Waals surface area contributed by atoms with E-state index >= 15 is 0 Å². The lowest BCUT2D eigenvalue weighted by molar-refractivity contribution is 0.227. The maximum atomic E-state index is 14.2. The van der Waals surface area contributed by atoms with Crippen molar-refractivity contribution in [3.05, 3.63) is 70.8 Å². The molecule has 1 aliphatic heterocycles. The van der Waals surface area contributed by atoms with Crippen LogP contribution in [0.15, 0.2) is 51.6 Å². The number of benzene rings is 1. The lowest BCUT2D eigenvalue weighted by atomic mass is 9.95. The first-order chi connectivity index (χ1) is 14.9. The van der Waals surface area contributed by atoms with Crippen molar-refractivity contribution in [2.24, 2.45) is 10.7 Å². The van der Waals surface area contributed by atoms with Crippen molar-refractivity contribution in [3.63, 3.8) is 0 Å². The number of nitrogens with two attached hydrogens (primary N) is 2. The lowest BCUT2D eigenvalue weighted by Crippen LogP contribution is -2.14. The van der Waals surface area contributed by atoms with Gasteiger partial charge in [0.05, 0.1) is 5.71 Å². The van der Waals surface area contributed by atoms with E-state index in [0.717, 1.165) is 11.1 Å². The molecule has 0 amide bonds. The summed E-state index contributed by atoms with van der Waals surface area (Å²) < 4.78 is 26.3. The summed E-state index contributed by atoms with van der Waals surface area (Å²) in [6, 6.07) is 6.30. The molecular formula is C23H24FN5O2. The summed E-state index contributed by atoms with van der Waals surface area (Å²) in [5, 5.41) is 0. The number of nitrogens with zero attached hydrogens (tertiary/aromatic N) is 3. The zero-order valence-electron chi connectivity index (χ0n) is 17.6. The fraction of sp³-hybridized carbons (Fsp3) is 0.261. The summed E-state index contributed by atoms with van der Waals surface area (Å²) in [4.78, 5) is 13.5. The monoisotopic (exact) mass is 421 g/mol. The third kappa shape index (κ3) is 3.88. The second-order valence-electron chi connectivity index (χ2n) is 7.30. The fourth-order valence-electron chi connectivity index (χ4n) is 3.75.